The van der Waals surface area contributed by atoms with Crippen molar-refractivity contribution in [2.24, 2.45) is 5.73 Å². The number of hydrogen-bond donors (Lipinski definition) is 1. The first-order chi connectivity index (χ1) is 11.7. The van der Waals surface area contributed by atoms with Crippen LogP contribution in [0.4, 0.5) is 5.69 Å². The van der Waals surface area contributed by atoms with Crippen molar-refractivity contribution in [3.8, 4) is 5.88 Å². The molecule has 126 valence electrons. The number of rotatable bonds is 5. The summed E-state index contributed by atoms with van der Waals surface area (Å²) < 4.78 is 5.32. The summed E-state index contributed by atoms with van der Waals surface area (Å²) in [4.78, 5) is 20.1. The number of methoxy groups -OCH3 is 1. The number of primary amides is 1. The van der Waals surface area contributed by atoms with Crippen LogP contribution in [0.1, 0.15) is 15.9 Å². The maximum absolute atomic E-state index is 11.1. The Hall–Kier alpha value is -2.60. The summed E-state index contributed by atoms with van der Waals surface area (Å²) in [7, 11) is 1.65. The van der Waals surface area contributed by atoms with Gasteiger partial charge in [0, 0.05) is 55.7 Å². The molecule has 1 aliphatic heterocycles. The van der Waals surface area contributed by atoms with Crippen LogP contribution in [0.25, 0.3) is 0 Å². The number of piperazine rings is 1. The zero-order valence-corrected chi connectivity index (χ0v) is 13.8. The van der Waals surface area contributed by atoms with Crippen LogP contribution in [0.15, 0.2) is 42.6 Å². The number of nitrogens with two attached hydrogens (primary N) is 1. The van der Waals surface area contributed by atoms with Gasteiger partial charge in [-0.1, -0.05) is 6.07 Å². The van der Waals surface area contributed by atoms with E-state index in [2.05, 4.69) is 20.9 Å². The molecule has 1 fully saturated rings. The van der Waals surface area contributed by atoms with Crippen molar-refractivity contribution in [1.29, 1.82) is 0 Å². The number of anilines is 1. The average Bonchev–Trinajstić information content (AvgIpc) is 2.63. The van der Waals surface area contributed by atoms with Crippen molar-refractivity contribution >= 4 is 11.6 Å². The van der Waals surface area contributed by atoms with Gasteiger partial charge in [0.15, 0.2) is 0 Å². The fourth-order valence-corrected chi connectivity index (χ4v) is 2.97. The highest BCUT2D eigenvalue weighted by molar-refractivity contribution is 5.93. The number of carbonyl (C=O) groups excluding carboxylic acids is 1. The van der Waals surface area contributed by atoms with Gasteiger partial charge in [-0.05, 0) is 30.3 Å². The molecule has 1 aromatic carbocycles. The van der Waals surface area contributed by atoms with Crippen LogP contribution >= 0.6 is 0 Å². The van der Waals surface area contributed by atoms with Gasteiger partial charge in [0.1, 0.15) is 0 Å². The number of benzene rings is 1. The molecular weight excluding hydrogens is 304 g/mol. The van der Waals surface area contributed by atoms with Crippen LogP contribution in [0.3, 0.4) is 0 Å². The number of pyridine rings is 1. The van der Waals surface area contributed by atoms with Crippen molar-refractivity contribution in [2.45, 2.75) is 6.54 Å². The molecule has 1 aliphatic rings. The first kappa shape index (κ1) is 16.3. The highest BCUT2D eigenvalue weighted by Crippen LogP contribution is 2.20. The predicted octanol–water partition coefficient (Wildman–Crippen LogP) is 1.51. The van der Waals surface area contributed by atoms with Crippen LogP contribution in [-0.4, -0.2) is 49.1 Å². The average molecular weight is 326 g/mol. The van der Waals surface area contributed by atoms with E-state index in [0.717, 1.165) is 44.0 Å². The number of hydrogen-bond acceptors (Lipinski definition) is 5. The molecule has 2 heterocycles. The molecule has 1 aromatic heterocycles. The molecule has 0 radical (unpaired) electrons. The molecule has 1 amide bonds. The number of carbonyl (C=O) groups is 1. The van der Waals surface area contributed by atoms with Crippen molar-refractivity contribution in [1.82, 2.24) is 9.88 Å². The minimum atomic E-state index is -0.392. The Kier molecular flexibility index (Phi) is 4.96. The lowest BCUT2D eigenvalue weighted by Gasteiger charge is -2.36. The molecule has 24 heavy (non-hydrogen) atoms. The van der Waals surface area contributed by atoms with Crippen LogP contribution in [0.5, 0.6) is 5.88 Å². The van der Waals surface area contributed by atoms with Gasteiger partial charge in [0.05, 0.1) is 7.11 Å². The second-order valence-electron chi connectivity index (χ2n) is 5.85. The van der Waals surface area contributed by atoms with E-state index in [1.54, 1.807) is 25.4 Å². The number of amides is 1. The zero-order valence-electron chi connectivity index (χ0n) is 13.8. The van der Waals surface area contributed by atoms with Gasteiger partial charge in [-0.2, -0.15) is 0 Å². The third-order valence-corrected chi connectivity index (χ3v) is 4.33. The van der Waals surface area contributed by atoms with Crippen molar-refractivity contribution in [3.63, 3.8) is 0 Å². The molecular formula is C18H22N4O2. The van der Waals surface area contributed by atoms with E-state index in [9.17, 15) is 4.79 Å². The lowest BCUT2D eigenvalue weighted by Crippen LogP contribution is -2.46. The lowest BCUT2D eigenvalue weighted by atomic mass is 10.1. The smallest absolute Gasteiger partial charge is 0.248 e. The first-order valence-corrected chi connectivity index (χ1v) is 8.02. The van der Waals surface area contributed by atoms with Crippen LogP contribution in [0.2, 0.25) is 0 Å². The highest BCUT2D eigenvalue weighted by atomic mass is 16.5. The Balaban J connectivity index is 1.58. The molecule has 3 rings (SSSR count). The Bertz CT molecular complexity index is 694. The molecule has 6 nitrogen and oxygen atoms in total. The van der Waals surface area contributed by atoms with Gasteiger partial charge in [-0.15, -0.1) is 0 Å². The van der Waals surface area contributed by atoms with E-state index in [-0.39, 0.29) is 0 Å². The summed E-state index contributed by atoms with van der Waals surface area (Å²) in [6, 6.07) is 11.5. The zero-order chi connectivity index (χ0) is 16.9. The van der Waals surface area contributed by atoms with E-state index >= 15 is 0 Å². The SMILES string of the molecule is COc1ncccc1CN1CCN(c2ccc(C(N)=O)cc2)CC1. The lowest BCUT2D eigenvalue weighted by molar-refractivity contribution is 0.100. The summed E-state index contributed by atoms with van der Waals surface area (Å²) in [5.74, 6) is 0.304. The van der Waals surface area contributed by atoms with E-state index in [1.165, 1.54) is 0 Å². The van der Waals surface area contributed by atoms with Gasteiger partial charge in [-0.25, -0.2) is 4.98 Å². The third-order valence-electron chi connectivity index (χ3n) is 4.33. The maximum Gasteiger partial charge on any atom is 0.248 e. The Morgan fingerprint density at radius 1 is 1.17 bits per heavy atom. The molecule has 2 aromatic rings. The van der Waals surface area contributed by atoms with E-state index in [1.807, 2.05) is 18.2 Å². The Morgan fingerprint density at radius 2 is 1.88 bits per heavy atom. The van der Waals surface area contributed by atoms with Gasteiger partial charge in [-0.3, -0.25) is 9.69 Å². The van der Waals surface area contributed by atoms with Gasteiger partial charge in [0.2, 0.25) is 11.8 Å². The van der Waals surface area contributed by atoms with Crippen molar-refractivity contribution < 1.29 is 9.53 Å². The highest BCUT2D eigenvalue weighted by Gasteiger charge is 2.18. The molecule has 0 spiro atoms. The standard InChI is InChI=1S/C18H22N4O2/c1-24-18-15(3-2-8-20-18)13-21-9-11-22(12-10-21)16-6-4-14(5-7-16)17(19)23/h2-8H,9-13H2,1H3,(H2,19,23). The molecule has 2 N–H and O–H groups in total. The second-order valence-corrected chi connectivity index (χ2v) is 5.85. The molecule has 0 aliphatic carbocycles. The summed E-state index contributed by atoms with van der Waals surface area (Å²) in [6.07, 6.45) is 1.75. The van der Waals surface area contributed by atoms with E-state index < -0.39 is 5.91 Å². The topological polar surface area (TPSA) is 71.7 Å². The quantitative estimate of drug-likeness (QED) is 0.902. The number of aromatic nitrogens is 1. The molecule has 0 unspecified atom stereocenters. The van der Waals surface area contributed by atoms with Crippen LogP contribution < -0.4 is 15.4 Å². The van der Waals surface area contributed by atoms with E-state index in [4.69, 9.17) is 10.5 Å². The fraction of sp³-hybridized carbons (Fsp3) is 0.333. The summed E-state index contributed by atoms with van der Waals surface area (Å²) in [6.45, 7) is 4.66. The minimum Gasteiger partial charge on any atom is -0.481 e. The largest absolute Gasteiger partial charge is 0.481 e. The molecule has 6 heteroatoms. The molecule has 1 saturated heterocycles. The van der Waals surface area contributed by atoms with Crippen LogP contribution in [0, 0.1) is 0 Å². The summed E-state index contributed by atoms with van der Waals surface area (Å²) in [5.41, 5.74) is 8.06. The Morgan fingerprint density at radius 3 is 2.50 bits per heavy atom. The van der Waals surface area contributed by atoms with Crippen molar-refractivity contribution in [3.05, 3.63) is 53.7 Å². The maximum atomic E-state index is 11.1. The normalized spacial score (nSPS) is 15.3. The first-order valence-electron chi connectivity index (χ1n) is 8.02. The van der Waals surface area contributed by atoms with Crippen molar-refractivity contribution in [2.75, 3.05) is 38.2 Å². The van der Waals surface area contributed by atoms with Gasteiger partial charge < -0.3 is 15.4 Å². The molecule has 0 atom stereocenters. The van der Waals surface area contributed by atoms with Gasteiger partial charge >= 0.3 is 0 Å². The number of nitrogens with zero attached hydrogens (tertiary/aromatic N) is 3. The monoisotopic (exact) mass is 326 g/mol. The minimum absolute atomic E-state index is 0.392. The number of ether oxygens (including phenoxy) is 1. The second kappa shape index (κ2) is 7.31. The fourth-order valence-electron chi connectivity index (χ4n) is 2.97. The Labute approximate surface area is 141 Å². The third kappa shape index (κ3) is 3.65. The molecule has 0 bridgehead atoms. The summed E-state index contributed by atoms with van der Waals surface area (Å²) >= 11 is 0. The summed E-state index contributed by atoms with van der Waals surface area (Å²) in [5, 5.41) is 0. The molecule has 0 saturated carbocycles. The van der Waals surface area contributed by atoms with Gasteiger partial charge in [0.25, 0.3) is 0 Å². The van der Waals surface area contributed by atoms with Crippen LogP contribution in [-0.2, 0) is 6.54 Å². The van der Waals surface area contributed by atoms with E-state index in [0.29, 0.717) is 11.4 Å². The predicted molar refractivity (Wildman–Crippen MR) is 93.2 cm³/mol.